The molecule has 2 unspecified atom stereocenters. The second-order valence-electron chi connectivity index (χ2n) is 5.21. The number of thiophene rings is 1. The fourth-order valence-corrected chi connectivity index (χ4v) is 2.91. The monoisotopic (exact) mass is 349 g/mol. The van der Waals surface area contributed by atoms with E-state index in [2.05, 4.69) is 5.32 Å². The van der Waals surface area contributed by atoms with Crippen molar-refractivity contribution in [2.24, 2.45) is 0 Å². The van der Waals surface area contributed by atoms with Gasteiger partial charge in [-0.1, -0.05) is 30.3 Å². The summed E-state index contributed by atoms with van der Waals surface area (Å²) in [7, 11) is 0. The van der Waals surface area contributed by atoms with E-state index in [-0.39, 0.29) is 18.9 Å². The van der Waals surface area contributed by atoms with Gasteiger partial charge in [0.15, 0.2) is 5.78 Å². The molecule has 0 spiro atoms. The number of aliphatic hydroxyl groups excluding tert-OH is 2. The van der Waals surface area contributed by atoms with Gasteiger partial charge in [0.25, 0.3) is 0 Å². The third kappa shape index (κ3) is 5.16. The molecule has 0 fully saturated rings. The van der Waals surface area contributed by atoms with Crippen LogP contribution in [0, 0.1) is 0 Å². The Hall–Kier alpha value is -2.22. The second-order valence-corrected chi connectivity index (χ2v) is 6.33. The molecule has 3 N–H and O–H groups in total. The summed E-state index contributed by atoms with van der Waals surface area (Å²) < 4.78 is 5.01. The van der Waals surface area contributed by atoms with Crippen LogP contribution >= 0.6 is 11.3 Å². The number of Topliss-reactive ketones (excluding diaryl/α,β-unsaturated/α-hetero) is 1. The first kappa shape index (κ1) is 18.1. The Morgan fingerprint density at radius 2 is 1.88 bits per heavy atom. The summed E-state index contributed by atoms with van der Waals surface area (Å²) in [6.07, 6.45) is -3.06. The highest BCUT2D eigenvalue weighted by atomic mass is 32.1. The number of ketones is 1. The van der Waals surface area contributed by atoms with Crippen LogP contribution in [0.1, 0.15) is 33.1 Å². The standard InChI is InChI=1S/C17H19NO5S/c1-11(19)14-7-8-15(24-14)16(21)13(20)9-18-17(22)23-10-12-5-3-2-4-6-12/h2-8,13,16,20-21H,9-10H2,1H3,(H,18,22). The fourth-order valence-electron chi connectivity index (χ4n) is 1.96. The maximum absolute atomic E-state index is 11.6. The van der Waals surface area contributed by atoms with E-state index >= 15 is 0 Å². The van der Waals surface area contributed by atoms with Crippen LogP contribution in [0.4, 0.5) is 4.79 Å². The largest absolute Gasteiger partial charge is 0.445 e. The minimum absolute atomic E-state index is 0.101. The Kier molecular flexibility index (Phi) is 6.48. The Morgan fingerprint density at radius 3 is 2.50 bits per heavy atom. The molecular weight excluding hydrogens is 330 g/mol. The van der Waals surface area contributed by atoms with E-state index in [9.17, 15) is 19.8 Å². The predicted octanol–water partition coefficient (Wildman–Crippen LogP) is 2.27. The van der Waals surface area contributed by atoms with E-state index in [1.165, 1.54) is 6.92 Å². The van der Waals surface area contributed by atoms with Gasteiger partial charge in [0, 0.05) is 11.4 Å². The number of amides is 1. The lowest BCUT2D eigenvalue weighted by atomic mass is 10.1. The molecule has 0 aliphatic heterocycles. The highest BCUT2D eigenvalue weighted by Gasteiger charge is 2.21. The molecule has 2 aromatic rings. The SMILES string of the molecule is CC(=O)c1ccc(C(O)C(O)CNC(=O)OCc2ccccc2)s1. The van der Waals surface area contributed by atoms with Crippen LogP contribution in [-0.4, -0.2) is 34.7 Å². The van der Waals surface area contributed by atoms with E-state index in [0.717, 1.165) is 16.9 Å². The van der Waals surface area contributed by atoms with E-state index in [4.69, 9.17) is 4.74 Å². The van der Waals surface area contributed by atoms with Gasteiger partial charge in [-0.25, -0.2) is 4.79 Å². The maximum Gasteiger partial charge on any atom is 0.407 e. The van der Waals surface area contributed by atoms with Crippen LogP contribution in [0.3, 0.4) is 0 Å². The topological polar surface area (TPSA) is 95.9 Å². The minimum Gasteiger partial charge on any atom is -0.445 e. The molecule has 6 nitrogen and oxygen atoms in total. The summed E-state index contributed by atoms with van der Waals surface area (Å²) in [5, 5.41) is 22.4. The van der Waals surface area contributed by atoms with Crippen LogP contribution in [0.2, 0.25) is 0 Å². The van der Waals surface area contributed by atoms with Gasteiger partial charge in [-0.2, -0.15) is 0 Å². The van der Waals surface area contributed by atoms with E-state index < -0.39 is 18.3 Å². The van der Waals surface area contributed by atoms with Gasteiger partial charge in [-0.3, -0.25) is 4.79 Å². The normalized spacial score (nSPS) is 13.1. The summed E-state index contributed by atoms with van der Waals surface area (Å²) in [4.78, 5) is 23.8. The molecule has 2 rings (SSSR count). The Balaban J connectivity index is 1.77. The van der Waals surface area contributed by atoms with Gasteiger partial charge in [-0.05, 0) is 24.6 Å². The predicted molar refractivity (Wildman–Crippen MR) is 89.9 cm³/mol. The number of hydrogen-bond acceptors (Lipinski definition) is 6. The number of benzene rings is 1. The molecule has 0 aliphatic carbocycles. The van der Waals surface area contributed by atoms with Crippen LogP contribution in [0.15, 0.2) is 42.5 Å². The van der Waals surface area contributed by atoms with Gasteiger partial charge >= 0.3 is 6.09 Å². The molecule has 1 aromatic heterocycles. The van der Waals surface area contributed by atoms with Crippen LogP contribution in [0.5, 0.6) is 0 Å². The smallest absolute Gasteiger partial charge is 0.407 e. The first-order chi connectivity index (χ1) is 11.5. The van der Waals surface area contributed by atoms with Crippen molar-refractivity contribution < 1.29 is 24.5 Å². The summed E-state index contributed by atoms with van der Waals surface area (Å²) in [6.45, 7) is 1.39. The number of ether oxygens (including phenoxy) is 1. The average Bonchev–Trinajstić information content (AvgIpc) is 3.08. The van der Waals surface area contributed by atoms with Gasteiger partial charge in [0.1, 0.15) is 18.8 Å². The molecule has 1 aromatic carbocycles. The van der Waals surface area contributed by atoms with Gasteiger partial charge in [0.05, 0.1) is 4.88 Å². The molecule has 1 amide bonds. The Bertz CT molecular complexity index is 685. The van der Waals surface area contributed by atoms with Crippen LogP contribution in [0.25, 0.3) is 0 Å². The van der Waals surface area contributed by atoms with Crippen molar-refractivity contribution in [3.63, 3.8) is 0 Å². The van der Waals surface area contributed by atoms with Gasteiger partial charge in [-0.15, -0.1) is 11.3 Å². The molecule has 2 atom stereocenters. The van der Waals surface area contributed by atoms with Crippen molar-refractivity contribution in [3.8, 4) is 0 Å². The molecule has 0 saturated heterocycles. The number of carbonyl (C=O) groups is 2. The zero-order chi connectivity index (χ0) is 17.5. The summed E-state index contributed by atoms with van der Waals surface area (Å²) >= 11 is 1.12. The molecule has 0 saturated carbocycles. The first-order valence-electron chi connectivity index (χ1n) is 7.38. The lowest BCUT2D eigenvalue weighted by Crippen LogP contribution is -2.35. The molecule has 0 aliphatic rings. The summed E-state index contributed by atoms with van der Waals surface area (Å²) in [5.41, 5.74) is 0.851. The highest BCUT2D eigenvalue weighted by Crippen LogP contribution is 2.25. The van der Waals surface area contributed by atoms with Crippen molar-refractivity contribution in [2.45, 2.75) is 25.7 Å². The Labute approximate surface area is 143 Å². The number of nitrogens with one attached hydrogen (secondary N) is 1. The van der Waals surface area contributed by atoms with Gasteiger partial charge < -0.3 is 20.3 Å². The highest BCUT2D eigenvalue weighted by molar-refractivity contribution is 7.14. The van der Waals surface area contributed by atoms with E-state index in [0.29, 0.717) is 9.75 Å². The lowest BCUT2D eigenvalue weighted by molar-refractivity contribution is 0.0205. The number of aliphatic hydroxyl groups is 2. The maximum atomic E-state index is 11.6. The summed E-state index contributed by atoms with van der Waals surface area (Å²) in [5.74, 6) is -0.101. The zero-order valence-corrected chi connectivity index (χ0v) is 14.0. The Morgan fingerprint density at radius 1 is 1.17 bits per heavy atom. The zero-order valence-electron chi connectivity index (χ0n) is 13.1. The molecule has 24 heavy (non-hydrogen) atoms. The van der Waals surface area contributed by atoms with Gasteiger partial charge in [0.2, 0.25) is 0 Å². The average molecular weight is 349 g/mol. The van der Waals surface area contributed by atoms with Crippen LogP contribution in [-0.2, 0) is 11.3 Å². The van der Waals surface area contributed by atoms with Crippen molar-refractivity contribution in [2.75, 3.05) is 6.54 Å². The molecule has 7 heteroatoms. The van der Waals surface area contributed by atoms with Crippen molar-refractivity contribution in [1.82, 2.24) is 5.32 Å². The number of rotatable bonds is 7. The van der Waals surface area contributed by atoms with E-state index in [1.54, 1.807) is 12.1 Å². The van der Waals surface area contributed by atoms with Crippen molar-refractivity contribution >= 4 is 23.2 Å². The first-order valence-corrected chi connectivity index (χ1v) is 8.20. The molecule has 0 bridgehead atoms. The fraction of sp³-hybridized carbons (Fsp3) is 0.294. The number of hydrogen-bond donors (Lipinski definition) is 3. The summed E-state index contributed by atoms with van der Waals surface area (Å²) in [6, 6.07) is 12.4. The minimum atomic E-state index is -1.20. The lowest BCUT2D eigenvalue weighted by Gasteiger charge is -2.17. The van der Waals surface area contributed by atoms with Crippen molar-refractivity contribution in [3.05, 3.63) is 57.8 Å². The van der Waals surface area contributed by atoms with Crippen molar-refractivity contribution in [1.29, 1.82) is 0 Å². The third-order valence-electron chi connectivity index (χ3n) is 3.30. The molecular formula is C17H19NO5S. The molecule has 1 heterocycles. The molecule has 128 valence electrons. The quantitative estimate of drug-likeness (QED) is 0.667. The number of alkyl carbamates (subject to hydrolysis) is 1. The van der Waals surface area contributed by atoms with Crippen LogP contribution < -0.4 is 5.32 Å². The second kappa shape index (κ2) is 8.58. The number of carbonyl (C=O) groups excluding carboxylic acids is 2. The third-order valence-corrected chi connectivity index (χ3v) is 4.55. The van der Waals surface area contributed by atoms with E-state index in [1.807, 2.05) is 30.3 Å². The molecule has 0 radical (unpaired) electrons.